The maximum atomic E-state index is 12.2. The van der Waals surface area contributed by atoms with Gasteiger partial charge in [-0.15, -0.1) is 0 Å². The van der Waals surface area contributed by atoms with Crippen molar-refractivity contribution in [3.8, 4) is 5.75 Å². The van der Waals surface area contributed by atoms with Gasteiger partial charge in [-0.2, -0.15) is 0 Å². The second-order valence-corrected chi connectivity index (χ2v) is 4.60. The highest BCUT2D eigenvalue weighted by Crippen LogP contribution is 2.26. The van der Waals surface area contributed by atoms with E-state index in [0.717, 1.165) is 19.4 Å². The van der Waals surface area contributed by atoms with E-state index in [-0.39, 0.29) is 22.7 Å². The van der Waals surface area contributed by atoms with Gasteiger partial charge in [-0.3, -0.25) is 4.79 Å². The summed E-state index contributed by atoms with van der Waals surface area (Å²) in [5, 5.41) is 9.51. The lowest BCUT2D eigenvalue weighted by molar-refractivity contribution is 0.0741. The molecule has 0 aromatic heterocycles. The van der Waals surface area contributed by atoms with E-state index in [2.05, 4.69) is 0 Å². The van der Waals surface area contributed by atoms with Crippen molar-refractivity contribution in [2.45, 2.75) is 18.9 Å². The molecule has 2 rings (SSSR count). The fourth-order valence-corrected chi connectivity index (χ4v) is 2.33. The molecule has 0 radical (unpaired) electrons. The number of rotatable bonds is 2. The summed E-state index contributed by atoms with van der Waals surface area (Å²) < 4.78 is 0. The van der Waals surface area contributed by atoms with Crippen molar-refractivity contribution in [2.75, 3.05) is 13.1 Å². The van der Waals surface area contributed by atoms with Crippen LogP contribution < -0.4 is 5.73 Å². The zero-order valence-corrected chi connectivity index (χ0v) is 10.2. The number of likely N-dealkylation sites (tertiary alicyclic amines) is 1. The minimum atomic E-state index is -0.0696. The number of carbonyl (C=O) groups excluding carboxylic acids is 1. The SMILES string of the molecule is NCC1CCCN1C(=O)c1ccc(O)c(Cl)c1. The summed E-state index contributed by atoms with van der Waals surface area (Å²) >= 11 is 5.79. The van der Waals surface area contributed by atoms with E-state index in [0.29, 0.717) is 12.1 Å². The molecule has 1 fully saturated rings. The quantitative estimate of drug-likeness (QED) is 0.843. The van der Waals surface area contributed by atoms with Crippen LogP contribution in [0, 0.1) is 0 Å². The lowest BCUT2D eigenvalue weighted by Gasteiger charge is -2.23. The summed E-state index contributed by atoms with van der Waals surface area (Å²) in [7, 11) is 0. The molecule has 0 spiro atoms. The Morgan fingerprint density at radius 3 is 3.00 bits per heavy atom. The Hall–Kier alpha value is -1.26. The number of hydrogen-bond donors (Lipinski definition) is 2. The van der Waals surface area contributed by atoms with Gasteiger partial charge in [-0.1, -0.05) is 11.6 Å². The van der Waals surface area contributed by atoms with Crippen LogP contribution in [0.25, 0.3) is 0 Å². The number of hydrogen-bond acceptors (Lipinski definition) is 3. The number of benzene rings is 1. The van der Waals surface area contributed by atoms with Gasteiger partial charge in [0.15, 0.2) is 0 Å². The molecule has 5 heteroatoms. The lowest BCUT2D eigenvalue weighted by Crippen LogP contribution is -2.39. The highest BCUT2D eigenvalue weighted by atomic mass is 35.5. The first-order valence-corrected chi connectivity index (χ1v) is 6.01. The standard InChI is InChI=1S/C12H15ClN2O2/c13-10-6-8(3-4-11(10)16)12(17)15-5-1-2-9(15)7-14/h3-4,6,9,16H,1-2,5,7,14H2. The van der Waals surface area contributed by atoms with Crippen molar-refractivity contribution in [3.05, 3.63) is 28.8 Å². The van der Waals surface area contributed by atoms with Crippen LogP contribution in [0.3, 0.4) is 0 Å². The van der Waals surface area contributed by atoms with Gasteiger partial charge in [0.05, 0.1) is 5.02 Å². The number of nitrogens with zero attached hydrogens (tertiary/aromatic N) is 1. The van der Waals surface area contributed by atoms with Crippen LogP contribution in [0.5, 0.6) is 5.75 Å². The topological polar surface area (TPSA) is 66.6 Å². The summed E-state index contributed by atoms with van der Waals surface area (Å²) in [6.07, 6.45) is 1.94. The molecule has 1 aliphatic heterocycles. The van der Waals surface area contributed by atoms with Gasteiger partial charge in [0.2, 0.25) is 0 Å². The van der Waals surface area contributed by atoms with Gasteiger partial charge in [0.1, 0.15) is 5.75 Å². The monoisotopic (exact) mass is 254 g/mol. The third kappa shape index (κ3) is 2.37. The second kappa shape index (κ2) is 4.94. The summed E-state index contributed by atoms with van der Waals surface area (Å²) in [5.74, 6) is -0.0835. The molecule has 4 nitrogen and oxygen atoms in total. The molecule has 92 valence electrons. The Bertz CT molecular complexity index is 437. The third-order valence-corrected chi connectivity index (χ3v) is 3.41. The van der Waals surface area contributed by atoms with Crippen LogP contribution in [0.2, 0.25) is 5.02 Å². The molecule has 0 bridgehead atoms. The molecular weight excluding hydrogens is 240 g/mol. The van der Waals surface area contributed by atoms with Crippen molar-refractivity contribution in [1.29, 1.82) is 0 Å². The highest BCUT2D eigenvalue weighted by Gasteiger charge is 2.28. The largest absolute Gasteiger partial charge is 0.506 e. The van der Waals surface area contributed by atoms with E-state index in [1.165, 1.54) is 12.1 Å². The number of aromatic hydroxyl groups is 1. The van der Waals surface area contributed by atoms with Crippen LogP contribution in [0.1, 0.15) is 23.2 Å². The molecule has 1 amide bonds. The average molecular weight is 255 g/mol. The first-order chi connectivity index (χ1) is 8.13. The number of phenols is 1. The van der Waals surface area contributed by atoms with Crippen LogP contribution >= 0.6 is 11.6 Å². The molecule has 1 heterocycles. The predicted octanol–water partition coefficient (Wildman–Crippen LogP) is 1.61. The van der Waals surface area contributed by atoms with E-state index in [9.17, 15) is 9.90 Å². The molecule has 3 N–H and O–H groups in total. The van der Waals surface area contributed by atoms with E-state index in [4.69, 9.17) is 17.3 Å². The third-order valence-electron chi connectivity index (χ3n) is 3.10. The normalized spacial score (nSPS) is 19.6. The summed E-state index contributed by atoms with van der Waals surface area (Å²) in [6, 6.07) is 4.62. The number of halogens is 1. The lowest BCUT2D eigenvalue weighted by atomic mass is 10.1. The van der Waals surface area contributed by atoms with Gasteiger partial charge >= 0.3 is 0 Å². The minimum Gasteiger partial charge on any atom is -0.506 e. The Morgan fingerprint density at radius 2 is 2.35 bits per heavy atom. The van der Waals surface area contributed by atoms with Crippen LogP contribution in [-0.4, -0.2) is 35.0 Å². The Morgan fingerprint density at radius 1 is 1.59 bits per heavy atom. The molecule has 1 saturated heterocycles. The molecule has 0 saturated carbocycles. The number of carbonyl (C=O) groups is 1. The zero-order valence-electron chi connectivity index (χ0n) is 9.40. The van der Waals surface area contributed by atoms with E-state index < -0.39 is 0 Å². The summed E-state index contributed by atoms with van der Waals surface area (Å²) in [5.41, 5.74) is 6.13. The van der Waals surface area contributed by atoms with Crippen molar-refractivity contribution in [1.82, 2.24) is 4.90 Å². The summed E-state index contributed by atoms with van der Waals surface area (Å²) in [4.78, 5) is 14.0. The molecule has 1 unspecified atom stereocenters. The van der Waals surface area contributed by atoms with E-state index in [1.807, 2.05) is 0 Å². The molecule has 1 atom stereocenters. The number of amides is 1. The van der Waals surface area contributed by atoms with Crippen molar-refractivity contribution < 1.29 is 9.90 Å². The molecule has 1 aliphatic rings. The summed E-state index contributed by atoms with van der Waals surface area (Å²) in [6.45, 7) is 1.22. The Balaban J connectivity index is 2.21. The fraction of sp³-hybridized carbons (Fsp3) is 0.417. The first-order valence-electron chi connectivity index (χ1n) is 5.63. The van der Waals surface area contributed by atoms with Gasteiger partial charge in [0, 0.05) is 24.7 Å². The van der Waals surface area contributed by atoms with Crippen molar-refractivity contribution in [3.63, 3.8) is 0 Å². The molecule has 17 heavy (non-hydrogen) atoms. The predicted molar refractivity (Wildman–Crippen MR) is 66.2 cm³/mol. The smallest absolute Gasteiger partial charge is 0.254 e. The first kappa shape index (κ1) is 12.2. The van der Waals surface area contributed by atoms with Crippen molar-refractivity contribution in [2.24, 2.45) is 5.73 Å². The van der Waals surface area contributed by atoms with Crippen LogP contribution in [-0.2, 0) is 0 Å². The molecule has 1 aromatic carbocycles. The van der Waals surface area contributed by atoms with Crippen LogP contribution in [0.15, 0.2) is 18.2 Å². The van der Waals surface area contributed by atoms with Crippen LogP contribution in [0.4, 0.5) is 0 Å². The number of nitrogens with two attached hydrogens (primary N) is 1. The maximum Gasteiger partial charge on any atom is 0.254 e. The Labute approximate surface area is 105 Å². The zero-order chi connectivity index (χ0) is 12.4. The highest BCUT2D eigenvalue weighted by molar-refractivity contribution is 6.32. The second-order valence-electron chi connectivity index (χ2n) is 4.20. The molecule has 1 aromatic rings. The van der Waals surface area contributed by atoms with Gasteiger partial charge in [0.25, 0.3) is 5.91 Å². The minimum absolute atomic E-state index is 0.0139. The van der Waals surface area contributed by atoms with Gasteiger partial charge in [-0.05, 0) is 31.0 Å². The molecular formula is C12H15ClN2O2. The van der Waals surface area contributed by atoms with Crippen molar-refractivity contribution >= 4 is 17.5 Å². The average Bonchev–Trinajstić information content (AvgIpc) is 2.80. The fourth-order valence-electron chi connectivity index (χ4n) is 2.15. The molecule has 0 aliphatic carbocycles. The number of phenolic OH excluding ortho intramolecular Hbond substituents is 1. The van der Waals surface area contributed by atoms with E-state index >= 15 is 0 Å². The Kier molecular flexibility index (Phi) is 3.54. The maximum absolute atomic E-state index is 12.2. The van der Waals surface area contributed by atoms with Gasteiger partial charge < -0.3 is 15.7 Å². The van der Waals surface area contributed by atoms with Gasteiger partial charge in [-0.25, -0.2) is 0 Å². The van der Waals surface area contributed by atoms with E-state index in [1.54, 1.807) is 11.0 Å².